The molecule has 0 aliphatic rings. The quantitative estimate of drug-likeness (QED) is 0.933. The van der Waals surface area contributed by atoms with Gasteiger partial charge < -0.3 is 9.84 Å². The smallest absolute Gasteiger partial charge is 0.118 e. The standard InChI is InChI=1S/C15H15BrO2/c1-10-3-6-12(16)9-14(10)15(17)11-4-7-13(18-2)8-5-11/h3-9,15,17H,1-2H3. The molecule has 1 unspecified atom stereocenters. The largest absolute Gasteiger partial charge is 0.497 e. The molecule has 0 saturated heterocycles. The summed E-state index contributed by atoms with van der Waals surface area (Å²) in [6, 6.07) is 13.4. The summed E-state index contributed by atoms with van der Waals surface area (Å²) in [5.74, 6) is 0.789. The second kappa shape index (κ2) is 5.55. The van der Waals surface area contributed by atoms with Gasteiger partial charge in [0.1, 0.15) is 11.9 Å². The van der Waals surface area contributed by atoms with Crippen molar-refractivity contribution >= 4 is 15.9 Å². The summed E-state index contributed by atoms with van der Waals surface area (Å²) < 4.78 is 6.08. The van der Waals surface area contributed by atoms with E-state index in [1.807, 2.05) is 49.4 Å². The van der Waals surface area contributed by atoms with Crippen molar-refractivity contribution in [3.8, 4) is 5.75 Å². The van der Waals surface area contributed by atoms with E-state index in [0.29, 0.717) is 0 Å². The highest BCUT2D eigenvalue weighted by molar-refractivity contribution is 9.10. The van der Waals surface area contributed by atoms with Crippen LogP contribution in [-0.2, 0) is 0 Å². The predicted octanol–water partition coefficient (Wildman–Crippen LogP) is 3.85. The molecular weight excluding hydrogens is 292 g/mol. The van der Waals surface area contributed by atoms with Crippen LogP contribution in [0, 0.1) is 6.92 Å². The van der Waals surface area contributed by atoms with Crippen molar-refractivity contribution in [3.05, 3.63) is 63.6 Å². The van der Waals surface area contributed by atoms with Gasteiger partial charge in [0.15, 0.2) is 0 Å². The normalized spacial score (nSPS) is 12.2. The van der Waals surface area contributed by atoms with Gasteiger partial charge in [-0.1, -0.05) is 34.1 Å². The lowest BCUT2D eigenvalue weighted by Crippen LogP contribution is -2.02. The number of benzene rings is 2. The van der Waals surface area contributed by atoms with Gasteiger partial charge in [0.2, 0.25) is 0 Å². The van der Waals surface area contributed by atoms with Gasteiger partial charge in [-0.05, 0) is 47.9 Å². The molecule has 0 fully saturated rings. The van der Waals surface area contributed by atoms with Gasteiger partial charge in [0.25, 0.3) is 0 Å². The maximum atomic E-state index is 10.4. The van der Waals surface area contributed by atoms with Gasteiger partial charge in [-0.2, -0.15) is 0 Å². The highest BCUT2D eigenvalue weighted by atomic mass is 79.9. The Morgan fingerprint density at radius 3 is 2.39 bits per heavy atom. The molecule has 2 aromatic carbocycles. The molecule has 2 nitrogen and oxygen atoms in total. The van der Waals surface area contributed by atoms with Crippen LogP contribution >= 0.6 is 15.9 Å². The lowest BCUT2D eigenvalue weighted by atomic mass is 9.97. The van der Waals surface area contributed by atoms with Crippen LogP contribution in [0.5, 0.6) is 5.75 Å². The number of ether oxygens (including phenoxy) is 1. The Kier molecular flexibility index (Phi) is 4.04. The van der Waals surface area contributed by atoms with Gasteiger partial charge >= 0.3 is 0 Å². The fourth-order valence-corrected chi connectivity index (χ4v) is 2.25. The average Bonchev–Trinajstić information content (AvgIpc) is 2.41. The van der Waals surface area contributed by atoms with Crippen LogP contribution in [-0.4, -0.2) is 12.2 Å². The molecule has 3 heteroatoms. The minimum Gasteiger partial charge on any atom is -0.497 e. The summed E-state index contributed by atoms with van der Waals surface area (Å²) in [6.07, 6.45) is -0.617. The highest BCUT2D eigenvalue weighted by Crippen LogP contribution is 2.28. The summed E-state index contributed by atoms with van der Waals surface area (Å²) in [7, 11) is 1.63. The molecule has 0 amide bonds. The second-order valence-electron chi connectivity index (χ2n) is 4.18. The molecule has 0 aromatic heterocycles. The van der Waals surface area contributed by atoms with E-state index in [4.69, 9.17) is 4.74 Å². The molecule has 94 valence electrons. The van der Waals surface area contributed by atoms with Crippen LogP contribution in [0.1, 0.15) is 22.8 Å². The Labute approximate surface area is 115 Å². The average molecular weight is 307 g/mol. The van der Waals surface area contributed by atoms with Gasteiger partial charge in [0, 0.05) is 4.47 Å². The van der Waals surface area contributed by atoms with Crippen molar-refractivity contribution in [1.82, 2.24) is 0 Å². The maximum absolute atomic E-state index is 10.4. The summed E-state index contributed by atoms with van der Waals surface area (Å²) in [4.78, 5) is 0. The van der Waals surface area contributed by atoms with E-state index >= 15 is 0 Å². The number of aliphatic hydroxyl groups excluding tert-OH is 1. The third kappa shape index (κ3) is 2.74. The number of aryl methyl sites for hydroxylation is 1. The van der Waals surface area contributed by atoms with Crippen molar-refractivity contribution in [2.75, 3.05) is 7.11 Å². The maximum Gasteiger partial charge on any atom is 0.118 e. The van der Waals surface area contributed by atoms with Crippen molar-refractivity contribution in [1.29, 1.82) is 0 Å². The lowest BCUT2D eigenvalue weighted by molar-refractivity contribution is 0.219. The zero-order chi connectivity index (χ0) is 13.1. The Bertz CT molecular complexity index is 535. The molecule has 0 aliphatic carbocycles. The first-order chi connectivity index (χ1) is 8.61. The topological polar surface area (TPSA) is 29.5 Å². The van der Waals surface area contributed by atoms with E-state index in [-0.39, 0.29) is 0 Å². The lowest BCUT2D eigenvalue weighted by Gasteiger charge is -2.15. The Morgan fingerprint density at radius 2 is 1.78 bits per heavy atom. The van der Waals surface area contributed by atoms with Gasteiger partial charge in [-0.3, -0.25) is 0 Å². The fourth-order valence-electron chi connectivity index (χ4n) is 1.87. The monoisotopic (exact) mass is 306 g/mol. The van der Waals surface area contributed by atoms with Crippen LogP contribution in [0.15, 0.2) is 46.9 Å². The molecular formula is C15H15BrO2. The van der Waals surface area contributed by atoms with Gasteiger partial charge in [-0.25, -0.2) is 0 Å². The molecule has 0 saturated carbocycles. The fraction of sp³-hybridized carbons (Fsp3) is 0.200. The van der Waals surface area contributed by atoms with Crippen LogP contribution < -0.4 is 4.74 Å². The number of halogens is 1. The van der Waals surface area contributed by atoms with Crippen LogP contribution in [0.3, 0.4) is 0 Å². The summed E-state index contributed by atoms with van der Waals surface area (Å²) in [6.45, 7) is 1.99. The number of hydrogen-bond donors (Lipinski definition) is 1. The number of rotatable bonds is 3. The number of aliphatic hydroxyl groups is 1. The highest BCUT2D eigenvalue weighted by Gasteiger charge is 2.13. The van der Waals surface area contributed by atoms with Crippen molar-refractivity contribution in [2.24, 2.45) is 0 Å². The zero-order valence-corrected chi connectivity index (χ0v) is 11.9. The van der Waals surface area contributed by atoms with E-state index < -0.39 is 6.10 Å². The molecule has 0 aliphatic heterocycles. The molecule has 2 aromatic rings. The second-order valence-corrected chi connectivity index (χ2v) is 5.09. The van der Waals surface area contributed by atoms with Crippen LogP contribution in [0.25, 0.3) is 0 Å². The predicted molar refractivity (Wildman–Crippen MR) is 75.9 cm³/mol. The molecule has 0 radical (unpaired) electrons. The minimum atomic E-state index is -0.617. The first kappa shape index (κ1) is 13.1. The van der Waals surface area contributed by atoms with E-state index in [1.165, 1.54) is 0 Å². The molecule has 0 spiro atoms. The molecule has 0 heterocycles. The molecule has 2 rings (SSSR count). The first-order valence-electron chi connectivity index (χ1n) is 5.70. The first-order valence-corrected chi connectivity index (χ1v) is 6.49. The summed E-state index contributed by atoms with van der Waals surface area (Å²) in [5.41, 5.74) is 2.84. The van der Waals surface area contributed by atoms with Gasteiger partial charge in [0.05, 0.1) is 7.11 Å². The van der Waals surface area contributed by atoms with Crippen molar-refractivity contribution in [2.45, 2.75) is 13.0 Å². The van der Waals surface area contributed by atoms with Crippen molar-refractivity contribution < 1.29 is 9.84 Å². The molecule has 1 N–H and O–H groups in total. The van der Waals surface area contributed by atoms with E-state index in [0.717, 1.165) is 26.9 Å². The Balaban J connectivity index is 2.34. The summed E-state index contributed by atoms with van der Waals surface area (Å²) in [5, 5.41) is 10.4. The third-order valence-corrected chi connectivity index (χ3v) is 3.46. The summed E-state index contributed by atoms with van der Waals surface area (Å²) >= 11 is 3.43. The van der Waals surface area contributed by atoms with Gasteiger partial charge in [-0.15, -0.1) is 0 Å². The number of hydrogen-bond acceptors (Lipinski definition) is 2. The molecule has 1 atom stereocenters. The van der Waals surface area contributed by atoms with Crippen LogP contribution in [0.4, 0.5) is 0 Å². The van der Waals surface area contributed by atoms with E-state index in [9.17, 15) is 5.11 Å². The molecule has 0 bridgehead atoms. The minimum absolute atomic E-state index is 0.617. The Morgan fingerprint density at radius 1 is 1.11 bits per heavy atom. The Hall–Kier alpha value is -1.32. The van der Waals surface area contributed by atoms with E-state index in [1.54, 1.807) is 7.11 Å². The third-order valence-electron chi connectivity index (χ3n) is 2.97. The van der Waals surface area contributed by atoms with Crippen LogP contribution in [0.2, 0.25) is 0 Å². The SMILES string of the molecule is COc1ccc(C(O)c2cc(Br)ccc2C)cc1. The zero-order valence-electron chi connectivity index (χ0n) is 10.4. The molecule has 18 heavy (non-hydrogen) atoms. The number of methoxy groups -OCH3 is 1. The van der Waals surface area contributed by atoms with Crippen molar-refractivity contribution in [3.63, 3.8) is 0 Å². The van der Waals surface area contributed by atoms with E-state index in [2.05, 4.69) is 15.9 Å².